The third-order valence-electron chi connectivity index (χ3n) is 4.81. The highest BCUT2D eigenvalue weighted by atomic mass is 79.9. The van der Waals surface area contributed by atoms with E-state index in [1.54, 1.807) is 0 Å². The maximum absolute atomic E-state index is 6.23. The zero-order valence-electron chi connectivity index (χ0n) is 18.7. The molecular weight excluding hydrogens is 466 g/mol. The molecule has 1 N–H and O–H groups in total. The second-order valence-corrected chi connectivity index (χ2v) is 8.15. The number of ether oxygens (including phenoxy) is 3. The van der Waals surface area contributed by atoms with Gasteiger partial charge in [-0.1, -0.05) is 34.1 Å². The maximum atomic E-state index is 6.23. The van der Waals surface area contributed by atoms with Gasteiger partial charge < -0.3 is 19.5 Å². The van der Waals surface area contributed by atoms with Gasteiger partial charge in [0.05, 0.1) is 13.2 Å². The molecule has 5 heteroatoms. The Hall–Kier alpha value is -2.92. The number of rotatable bonds is 12. The minimum absolute atomic E-state index is 0.473. The minimum atomic E-state index is 0.473. The van der Waals surface area contributed by atoms with Crippen molar-refractivity contribution in [3.8, 4) is 17.2 Å². The van der Waals surface area contributed by atoms with E-state index in [4.69, 9.17) is 14.2 Å². The molecule has 3 rings (SSSR count). The highest BCUT2D eigenvalue weighted by molar-refractivity contribution is 9.10. The summed E-state index contributed by atoms with van der Waals surface area (Å²) in [7, 11) is 0. The van der Waals surface area contributed by atoms with Crippen molar-refractivity contribution in [1.82, 2.24) is 0 Å². The Labute approximate surface area is 199 Å². The van der Waals surface area contributed by atoms with Gasteiger partial charge in [0.2, 0.25) is 0 Å². The van der Waals surface area contributed by atoms with Gasteiger partial charge in [0.1, 0.15) is 12.4 Å². The molecule has 4 nitrogen and oxygen atoms in total. The van der Waals surface area contributed by atoms with Crippen LogP contribution in [-0.4, -0.2) is 13.2 Å². The standard InChI is InChI=1S/C27H30BrNO3/c1-4-7-22-16-21(18-29-24-12-14-25(15-13-24)30-5-2)17-26(31-6-3)27(22)32-19-20-8-10-23(28)11-9-20/h4,8-17,29H,1,5-7,18-19H2,2-3H3. The number of halogens is 1. The highest BCUT2D eigenvalue weighted by Crippen LogP contribution is 2.35. The lowest BCUT2D eigenvalue weighted by Crippen LogP contribution is -2.06. The van der Waals surface area contributed by atoms with E-state index < -0.39 is 0 Å². The van der Waals surface area contributed by atoms with Gasteiger partial charge in [-0.05, 0) is 79.9 Å². The van der Waals surface area contributed by atoms with Crippen LogP contribution in [0, 0.1) is 0 Å². The van der Waals surface area contributed by atoms with Gasteiger partial charge in [-0.3, -0.25) is 0 Å². The van der Waals surface area contributed by atoms with E-state index in [-0.39, 0.29) is 0 Å². The summed E-state index contributed by atoms with van der Waals surface area (Å²) in [5.74, 6) is 2.41. The molecule has 0 heterocycles. The Bertz CT molecular complexity index is 1000. The van der Waals surface area contributed by atoms with Gasteiger partial charge in [-0.2, -0.15) is 0 Å². The maximum Gasteiger partial charge on any atom is 0.165 e. The Kier molecular flexibility index (Phi) is 9.05. The Morgan fingerprint density at radius 2 is 1.59 bits per heavy atom. The van der Waals surface area contributed by atoms with Crippen molar-refractivity contribution in [2.24, 2.45) is 0 Å². The molecule has 0 aliphatic rings. The van der Waals surface area contributed by atoms with Gasteiger partial charge in [0, 0.05) is 22.3 Å². The summed E-state index contributed by atoms with van der Waals surface area (Å²) in [6, 6.07) is 20.3. The van der Waals surface area contributed by atoms with Crippen molar-refractivity contribution < 1.29 is 14.2 Å². The first-order chi connectivity index (χ1) is 15.6. The predicted octanol–water partition coefficient (Wildman–Crippen LogP) is 7.17. The fourth-order valence-corrected chi connectivity index (χ4v) is 3.60. The van der Waals surface area contributed by atoms with E-state index in [0.29, 0.717) is 32.8 Å². The van der Waals surface area contributed by atoms with E-state index in [2.05, 4.69) is 40.0 Å². The monoisotopic (exact) mass is 495 g/mol. The van der Waals surface area contributed by atoms with Crippen LogP contribution >= 0.6 is 15.9 Å². The molecule has 0 bridgehead atoms. The van der Waals surface area contributed by atoms with Gasteiger partial charge in [-0.15, -0.1) is 6.58 Å². The van der Waals surface area contributed by atoms with Crippen LogP contribution in [0.25, 0.3) is 0 Å². The molecule has 0 radical (unpaired) electrons. The molecule has 32 heavy (non-hydrogen) atoms. The third-order valence-corrected chi connectivity index (χ3v) is 5.34. The molecule has 168 valence electrons. The fraction of sp³-hybridized carbons (Fsp3) is 0.259. The smallest absolute Gasteiger partial charge is 0.165 e. The Morgan fingerprint density at radius 3 is 2.25 bits per heavy atom. The summed E-state index contributed by atoms with van der Waals surface area (Å²) in [5, 5.41) is 3.47. The SMILES string of the molecule is C=CCc1cc(CNc2ccc(OCC)cc2)cc(OCC)c1OCc1ccc(Br)cc1. The summed E-state index contributed by atoms with van der Waals surface area (Å²) in [4.78, 5) is 0. The molecule has 0 aromatic heterocycles. The average Bonchev–Trinajstić information content (AvgIpc) is 2.80. The molecule has 0 spiro atoms. The summed E-state index contributed by atoms with van der Waals surface area (Å²) in [6.45, 7) is 10.3. The number of anilines is 1. The average molecular weight is 496 g/mol. The van der Waals surface area contributed by atoms with Crippen LogP contribution in [-0.2, 0) is 19.6 Å². The molecular formula is C27H30BrNO3. The summed E-state index contributed by atoms with van der Waals surface area (Å²) >= 11 is 3.47. The first-order valence-electron chi connectivity index (χ1n) is 10.9. The fourth-order valence-electron chi connectivity index (χ4n) is 3.33. The molecule has 0 aliphatic heterocycles. The van der Waals surface area contributed by atoms with Crippen LogP contribution in [0.1, 0.15) is 30.5 Å². The number of benzene rings is 3. The summed E-state index contributed by atoms with van der Waals surface area (Å²) in [5.41, 5.74) is 4.32. The van der Waals surface area contributed by atoms with Crippen LogP contribution in [0.15, 0.2) is 77.8 Å². The molecule has 0 aliphatic carbocycles. The van der Waals surface area contributed by atoms with E-state index in [9.17, 15) is 0 Å². The van der Waals surface area contributed by atoms with E-state index >= 15 is 0 Å². The normalized spacial score (nSPS) is 10.5. The Balaban J connectivity index is 1.77. The van der Waals surface area contributed by atoms with Gasteiger partial charge in [0.25, 0.3) is 0 Å². The lowest BCUT2D eigenvalue weighted by atomic mass is 10.0. The zero-order chi connectivity index (χ0) is 22.8. The molecule has 3 aromatic carbocycles. The lowest BCUT2D eigenvalue weighted by Gasteiger charge is -2.18. The second-order valence-electron chi connectivity index (χ2n) is 7.23. The lowest BCUT2D eigenvalue weighted by molar-refractivity contribution is 0.267. The highest BCUT2D eigenvalue weighted by Gasteiger charge is 2.14. The van der Waals surface area contributed by atoms with Crippen molar-refractivity contribution in [2.45, 2.75) is 33.4 Å². The number of hydrogen-bond donors (Lipinski definition) is 1. The van der Waals surface area contributed by atoms with E-state index in [1.165, 1.54) is 0 Å². The molecule has 0 saturated heterocycles. The van der Waals surface area contributed by atoms with Crippen LogP contribution in [0.4, 0.5) is 5.69 Å². The zero-order valence-corrected chi connectivity index (χ0v) is 20.3. The first kappa shape index (κ1) is 23.7. The van der Waals surface area contributed by atoms with Gasteiger partial charge in [-0.25, -0.2) is 0 Å². The molecule has 3 aromatic rings. The first-order valence-corrected chi connectivity index (χ1v) is 11.7. The molecule has 0 atom stereocenters. The molecule has 0 amide bonds. The van der Waals surface area contributed by atoms with Gasteiger partial charge >= 0.3 is 0 Å². The predicted molar refractivity (Wildman–Crippen MR) is 135 cm³/mol. The third kappa shape index (κ3) is 6.79. The second kappa shape index (κ2) is 12.2. The molecule has 0 fully saturated rings. The van der Waals surface area contributed by atoms with E-state index in [1.807, 2.05) is 68.5 Å². The quantitative estimate of drug-likeness (QED) is 0.270. The van der Waals surface area contributed by atoms with Crippen molar-refractivity contribution >= 4 is 21.6 Å². The number of hydrogen-bond acceptors (Lipinski definition) is 4. The number of allylic oxidation sites excluding steroid dienone is 1. The van der Waals surface area contributed by atoms with Crippen molar-refractivity contribution in [3.05, 3.63) is 94.5 Å². The van der Waals surface area contributed by atoms with Crippen molar-refractivity contribution in [1.29, 1.82) is 0 Å². The van der Waals surface area contributed by atoms with Crippen molar-refractivity contribution in [3.63, 3.8) is 0 Å². The number of nitrogens with one attached hydrogen (secondary N) is 1. The van der Waals surface area contributed by atoms with Gasteiger partial charge in [0.15, 0.2) is 11.5 Å². The summed E-state index contributed by atoms with van der Waals surface area (Å²) < 4.78 is 18.7. The molecule has 0 saturated carbocycles. The largest absolute Gasteiger partial charge is 0.494 e. The summed E-state index contributed by atoms with van der Waals surface area (Å²) in [6.07, 6.45) is 2.59. The van der Waals surface area contributed by atoms with E-state index in [0.717, 1.165) is 44.1 Å². The topological polar surface area (TPSA) is 39.7 Å². The Morgan fingerprint density at radius 1 is 0.875 bits per heavy atom. The van der Waals surface area contributed by atoms with Crippen LogP contribution < -0.4 is 19.5 Å². The van der Waals surface area contributed by atoms with Crippen LogP contribution in [0.5, 0.6) is 17.2 Å². The van der Waals surface area contributed by atoms with Crippen LogP contribution in [0.3, 0.4) is 0 Å². The van der Waals surface area contributed by atoms with Crippen molar-refractivity contribution in [2.75, 3.05) is 18.5 Å². The van der Waals surface area contributed by atoms with Crippen LogP contribution in [0.2, 0.25) is 0 Å². The minimum Gasteiger partial charge on any atom is -0.494 e. The molecule has 0 unspecified atom stereocenters.